The van der Waals surface area contributed by atoms with Crippen LogP contribution in [0.2, 0.25) is 0 Å². The third-order valence-corrected chi connectivity index (χ3v) is 6.77. The van der Waals surface area contributed by atoms with Crippen LogP contribution in [-0.2, 0) is 5.41 Å². The molecule has 2 fully saturated rings. The number of fused-ring (bicyclic) bond motifs is 1. The minimum Gasteiger partial charge on any atom is -0.351 e. The van der Waals surface area contributed by atoms with Crippen molar-refractivity contribution in [1.82, 2.24) is 4.90 Å². The van der Waals surface area contributed by atoms with Crippen molar-refractivity contribution in [2.75, 3.05) is 18.5 Å². The summed E-state index contributed by atoms with van der Waals surface area (Å²) >= 11 is 0. The highest BCUT2D eigenvalue weighted by molar-refractivity contribution is 5.81. The van der Waals surface area contributed by atoms with Crippen molar-refractivity contribution in [1.29, 1.82) is 0 Å². The maximum Gasteiger partial charge on any atom is 0.316 e. The Morgan fingerprint density at radius 3 is 2.71 bits per heavy atom. The standard InChI is InChI=1S/C20H27N3O/c1-13-11-14(2)17-16(12-13)22(4)20-8-6-5-7-15(3)19(17,20)9-10-23(20)18(21)24/h11-12H,3,5-10H2,1-2,4H3,(H2,21,24)/t19-,20+/m0/s1. The number of carbonyl (C=O) groups excluding carboxylic acids is 1. The summed E-state index contributed by atoms with van der Waals surface area (Å²) in [6.07, 6.45) is 5.16. The molecule has 24 heavy (non-hydrogen) atoms. The highest BCUT2D eigenvalue weighted by atomic mass is 16.2. The van der Waals surface area contributed by atoms with Crippen LogP contribution in [0.3, 0.4) is 0 Å². The van der Waals surface area contributed by atoms with Crippen LogP contribution in [0, 0.1) is 13.8 Å². The third-order valence-electron chi connectivity index (χ3n) is 6.77. The zero-order chi connectivity index (χ0) is 17.3. The van der Waals surface area contributed by atoms with E-state index in [0.717, 1.165) is 32.1 Å². The number of aryl methyl sites for hydroxylation is 2. The zero-order valence-electron chi connectivity index (χ0n) is 15.0. The molecule has 1 aliphatic carbocycles. The number of hydrogen-bond acceptors (Lipinski definition) is 2. The zero-order valence-corrected chi connectivity index (χ0v) is 15.0. The van der Waals surface area contributed by atoms with Crippen molar-refractivity contribution in [3.63, 3.8) is 0 Å². The quantitative estimate of drug-likeness (QED) is 0.741. The molecule has 2 aliphatic heterocycles. The van der Waals surface area contributed by atoms with Crippen LogP contribution >= 0.6 is 0 Å². The molecule has 2 N–H and O–H groups in total. The minimum atomic E-state index is -0.382. The first-order valence-electron chi connectivity index (χ1n) is 8.97. The highest BCUT2D eigenvalue weighted by Crippen LogP contribution is 2.65. The number of carbonyl (C=O) groups is 1. The number of likely N-dealkylation sites (tertiary alicyclic amines) is 1. The largest absolute Gasteiger partial charge is 0.351 e. The Kier molecular flexibility index (Phi) is 3.09. The predicted molar refractivity (Wildman–Crippen MR) is 97.2 cm³/mol. The monoisotopic (exact) mass is 325 g/mol. The summed E-state index contributed by atoms with van der Waals surface area (Å²) in [7, 11) is 2.14. The molecule has 1 aromatic rings. The second-order valence-electron chi connectivity index (χ2n) is 7.81. The van der Waals surface area contributed by atoms with Crippen LogP contribution in [0.15, 0.2) is 24.3 Å². The van der Waals surface area contributed by atoms with Gasteiger partial charge in [-0.05, 0) is 68.7 Å². The molecule has 128 valence electrons. The lowest BCUT2D eigenvalue weighted by molar-refractivity contribution is 0.122. The van der Waals surface area contributed by atoms with Crippen molar-refractivity contribution in [3.8, 4) is 0 Å². The summed E-state index contributed by atoms with van der Waals surface area (Å²) < 4.78 is 0. The molecule has 0 aromatic heterocycles. The lowest BCUT2D eigenvalue weighted by Crippen LogP contribution is -2.64. The Morgan fingerprint density at radius 2 is 2.00 bits per heavy atom. The summed E-state index contributed by atoms with van der Waals surface area (Å²) in [5.41, 5.74) is 11.8. The van der Waals surface area contributed by atoms with E-state index >= 15 is 0 Å². The molecule has 4 nitrogen and oxygen atoms in total. The van der Waals surface area contributed by atoms with E-state index in [1.54, 1.807) is 0 Å². The van der Waals surface area contributed by atoms with Gasteiger partial charge >= 0.3 is 6.03 Å². The van der Waals surface area contributed by atoms with E-state index in [1.165, 1.54) is 28.0 Å². The topological polar surface area (TPSA) is 49.6 Å². The molecular formula is C20H27N3O. The SMILES string of the molecule is C=C1CCCC[C@@]23N(C(N)=O)CC[C@@]12c1c(C)cc(C)cc1N3C. The number of likely N-dealkylation sites (N-methyl/N-ethyl adjacent to an activating group) is 1. The van der Waals surface area contributed by atoms with Crippen molar-refractivity contribution in [3.05, 3.63) is 41.0 Å². The smallest absolute Gasteiger partial charge is 0.316 e. The van der Waals surface area contributed by atoms with Gasteiger partial charge in [0, 0.05) is 19.3 Å². The average molecular weight is 325 g/mol. The van der Waals surface area contributed by atoms with Crippen molar-refractivity contribution in [2.24, 2.45) is 5.73 Å². The molecule has 0 bridgehead atoms. The Morgan fingerprint density at radius 1 is 1.25 bits per heavy atom. The molecule has 4 rings (SSSR count). The lowest BCUT2D eigenvalue weighted by Gasteiger charge is -2.49. The number of hydrogen-bond donors (Lipinski definition) is 1. The van der Waals surface area contributed by atoms with Gasteiger partial charge in [-0.2, -0.15) is 0 Å². The molecule has 1 saturated carbocycles. The molecule has 2 atom stereocenters. The molecule has 3 aliphatic rings. The fraction of sp³-hybridized carbons (Fsp3) is 0.550. The van der Waals surface area contributed by atoms with Gasteiger partial charge in [0.25, 0.3) is 0 Å². The predicted octanol–water partition coefficient (Wildman–Crippen LogP) is 3.60. The Hall–Kier alpha value is -1.97. The number of benzene rings is 1. The minimum absolute atomic E-state index is 0.180. The first-order valence-corrected chi connectivity index (χ1v) is 8.97. The van der Waals surface area contributed by atoms with Gasteiger partial charge < -0.3 is 15.5 Å². The number of nitrogens with two attached hydrogens (primary N) is 1. The Balaban J connectivity index is 2.08. The van der Waals surface area contributed by atoms with Gasteiger partial charge in [0.1, 0.15) is 5.66 Å². The van der Waals surface area contributed by atoms with Crippen LogP contribution in [0.5, 0.6) is 0 Å². The number of rotatable bonds is 0. The first-order chi connectivity index (χ1) is 11.4. The molecule has 0 unspecified atom stereocenters. The number of primary amides is 1. The van der Waals surface area contributed by atoms with E-state index in [9.17, 15) is 4.79 Å². The first kappa shape index (κ1) is 15.6. The second-order valence-corrected chi connectivity index (χ2v) is 7.81. The van der Waals surface area contributed by atoms with Crippen LogP contribution in [0.4, 0.5) is 10.5 Å². The average Bonchev–Trinajstić information content (AvgIpc) is 2.89. The van der Waals surface area contributed by atoms with Crippen LogP contribution in [0.1, 0.15) is 48.8 Å². The molecule has 0 radical (unpaired) electrons. The highest BCUT2D eigenvalue weighted by Gasteiger charge is 2.69. The van der Waals surface area contributed by atoms with E-state index in [-0.39, 0.29) is 17.1 Å². The van der Waals surface area contributed by atoms with Crippen LogP contribution in [0.25, 0.3) is 0 Å². The molecule has 0 spiro atoms. The van der Waals surface area contributed by atoms with Crippen molar-refractivity contribution >= 4 is 11.7 Å². The van der Waals surface area contributed by atoms with E-state index in [0.29, 0.717) is 6.54 Å². The van der Waals surface area contributed by atoms with E-state index in [2.05, 4.69) is 44.5 Å². The van der Waals surface area contributed by atoms with Gasteiger partial charge in [-0.1, -0.05) is 18.2 Å². The number of nitrogens with zero attached hydrogens (tertiary/aromatic N) is 2. The molecule has 4 heteroatoms. The fourth-order valence-electron chi connectivity index (χ4n) is 6.02. The van der Waals surface area contributed by atoms with Crippen molar-refractivity contribution < 1.29 is 4.79 Å². The lowest BCUT2D eigenvalue weighted by atomic mass is 9.65. The maximum atomic E-state index is 12.3. The summed E-state index contributed by atoms with van der Waals surface area (Å²) in [6.45, 7) is 9.59. The van der Waals surface area contributed by atoms with E-state index in [4.69, 9.17) is 5.73 Å². The van der Waals surface area contributed by atoms with Crippen LogP contribution < -0.4 is 10.6 Å². The van der Waals surface area contributed by atoms with Crippen LogP contribution in [-0.4, -0.2) is 30.2 Å². The molecular weight excluding hydrogens is 298 g/mol. The second kappa shape index (κ2) is 4.78. The summed E-state index contributed by atoms with van der Waals surface area (Å²) in [4.78, 5) is 16.6. The Labute approximate surface area is 144 Å². The molecule has 1 aromatic carbocycles. The number of urea groups is 1. The van der Waals surface area contributed by atoms with Gasteiger partial charge in [-0.25, -0.2) is 4.79 Å². The van der Waals surface area contributed by atoms with E-state index in [1.807, 2.05) is 4.90 Å². The molecule has 1 saturated heterocycles. The summed E-state index contributed by atoms with van der Waals surface area (Å²) in [5, 5.41) is 0. The van der Waals surface area contributed by atoms with Gasteiger partial charge in [-0.3, -0.25) is 0 Å². The third kappa shape index (κ3) is 1.52. The Bertz CT molecular complexity index is 755. The molecule has 2 amide bonds. The molecule has 2 heterocycles. The summed E-state index contributed by atoms with van der Waals surface area (Å²) in [5.74, 6) is 0. The fourth-order valence-corrected chi connectivity index (χ4v) is 6.02. The van der Waals surface area contributed by atoms with Gasteiger partial charge in [0.2, 0.25) is 0 Å². The number of amides is 2. The van der Waals surface area contributed by atoms with Gasteiger partial charge in [0.05, 0.1) is 5.41 Å². The van der Waals surface area contributed by atoms with Crippen molar-refractivity contribution in [2.45, 2.75) is 57.0 Å². The number of anilines is 1. The van der Waals surface area contributed by atoms with Gasteiger partial charge in [0.15, 0.2) is 0 Å². The summed E-state index contributed by atoms with van der Waals surface area (Å²) in [6, 6.07) is 4.22. The maximum absolute atomic E-state index is 12.3. The normalized spacial score (nSPS) is 31.5. The van der Waals surface area contributed by atoms with E-state index < -0.39 is 0 Å². The van der Waals surface area contributed by atoms with Gasteiger partial charge in [-0.15, -0.1) is 0 Å².